The Balaban J connectivity index is 3.95. The minimum atomic E-state index is -0.349. The number of carbonyl (C=O) groups excluding carboxylic acids is 1. The van der Waals surface area contributed by atoms with Crippen LogP contribution < -0.4 is 16.0 Å². The van der Waals surface area contributed by atoms with Gasteiger partial charge >= 0.3 is 0 Å². The van der Waals surface area contributed by atoms with Gasteiger partial charge in [0.15, 0.2) is 5.11 Å². The first-order chi connectivity index (χ1) is 8.36. The van der Waals surface area contributed by atoms with Gasteiger partial charge in [-0.3, -0.25) is 4.79 Å². The summed E-state index contributed by atoms with van der Waals surface area (Å²) in [6, 6.07) is -0.237. The van der Waals surface area contributed by atoms with Crippen molar-refractivity contribution in [2.24, 2.45) is 5.92 Å². The molecule has 0 saturated heterocycles. The third-order valence-electron chi connectivity index (χ3n) is 2.22. The van der Waals surface area contributed by atoms with Gasteiger partial charge in [-0.15, -0.1) is 0 Å². The Morgan fingerprint density at radius 2 is 1.83 bits per heavy atom. The van der Waals surface area contributed by atoms with E-state index in [2.05, 4.69) is 29.8 Å². The van der Waals surface area contributed by atoms with Crippen molar-refractivity contribution < 1.29 is 9.53 Å². The van der Waals surface area contributed by atoms with Gasteiger partial charge in [-0.1, -0.05) is 13.8 Å². The van der Waals surface area contributed by atoms with Crippen molar-refractivity contribution in [3.63, 3.8) is 0 Å². The molecule has 6 heteroatoms. The Morgan fingerprint density at radius 1 is 1.22 bits per heavy atom. The van der Waals surface area contributed by atoms with E-state index in [9.17, 15) is 4.79 Å². The zero-order chi connectivity index (χ0) is 14.1. The minimum Gasteiger partial charge on any atom is -0.383 e. The van der Waals surface area contributed by atoms with Crippen molar-refractivity contribution in [2.75, 3.05) is 20.3 Å². The normalized spacial score (nSPS) is 13.9. The molecule has 0 heterocycles. The van der Waals surface area contributed by atoms with E-state index in [1.54, 1.807) is 14.0 Å². The van der Waals surface area contributed by atoms with Gasteiger partial charge in [-0.25, -0.2) is 0 Å². The van der Waals surface area contributed by atoms with E-state index < -0.39 is 0 Å². The fourth-order valence-electron chi connectivity index (χ4n) is 1.28. The highest BCUT2D eigenvalue weighted by atomic mass is 32.1. The molecule has 0 bridgehead atoms. The number of amides is 1. The van der Waals surface area contributed by atoms with E-state index in [-0.39, 0.29) is 18.0 Å². The number of carbonyl (C=O) groups is 1. The summed E-state index contributed by atoms with van der Waals surface area (Å²) in [6.07, 6.45) is 0. The first-order valence-corrected chi connectivity index (χ1v) is 6.61. The van der Waals surface area contributed by atoms with Gasteiger partial charge in [-0.05, 0) is 32.0 Å². The Kier molecular flexibility index (Phi) is 8.66. The van der Waals surface area contributed by atoms with Crippen molar-refractivity contribution in [3.05, 3.63) is 0 Å². The second kappa shape index (κ2) is 9.10. The maximum Gasteiger partial charge on any atom is 0.242 e. The summed E-state index contributed by atoms with van der Waals surface area (Å²) in [7, 11) is 1.64. The summed E-state index contributed by atoms with van der Waals surface area (Å²) in [5, 5.41) is 9.31. The Labute approximate surface area is 115 Å². The summed E-state index contributed by atoms with van der Waals surface area (Å²) < 4.78 is 4.99. The smallest absolute Gasteiger partial charge is 0.242 e. The number of methoxy groups -OCH3 is 1. The van der Waals surface area contributed by atoms with Crippen molar-refractivity contribution in [2.45, 2.75) is 39.8 Å². The molecule has 0 rings (SSSR count). The molecule has 2 atom stereocenters. The van der Waals surface area contributed by atoms with E-state index >= 15 is 0 Å². The number of hydrogen-bond donors (Lipinski definition) is 3. The van der Waals surface area contributed by atoms with Crippen LogP contribution in [0.25, 0.3) is 0 Å². The first-order valence-electron chi connectivity index (χ1n) is 6.20. The van der Waals surface area contributed by atoms with E-state index in [0.717, 1.165) is 0 Å². The molecule has 18 heavy (non-hydrogen) atoms. The molecule has 5 nitrogen and oxygen atoms in total. The molecule has 2 unspecified atom stereocenters. The monoisotopic (exact) mass is 275 g/mol. The number of nitrogens with one attached hydrogen (secondary N) is 3. The molecule has 106 valence electrons. The summed E-state index contributed by atoms with van der Waals surface area (Å²) in [4.78, 5) is 11.7. The average Bonchev–Trinajstić information content (AvgIpc) is 2.25. The molecule has 3 N–H and O–H groups in total. The number of hydrogen-bond acceptors (Lipinski definition) is 3. The van der Waals surface area contributed by atoms with E-state index in [4.69, 9.17) is 17.0 Å². The quantitative estimate of drug-likeness (QED) is 0.595. The first kappa shape index (κ1) is 17.1. The Bertz CT molecular complexity index is 272. The van der Waals surface area contributed by atoms with Crippen molar-refractivity contribution in [1.82, 2.24) is 16.0 Å². The highest BCUT2D eigenvalue weighted by Crippen LogP contribution is 1.90. The fraction of sp³-hybridized carbons (Fsp3) is 0.833. The van der Waals surface area contributed by atoms with Gasteiger partial charge < -0.3 is 20.7 Å². The zero-order valence-electron chi connectivity index (χ0n) is 11.9. The second-order valence-corrected chi connectivity index (χ2v) is 5.24. The van der Waals surface area contributed by atoms with Crippen molar-refractivity contribution in [3.8, 4) is 0 Å². The van der Waals surface area contributed by atoms with Gasteiger partial charge in [0.1, 0.15) is 6.04 Å². The molecule has 0 fully saturated rings. The summed E-state index contributed by atoms with van der Waals surface area (Å²) in [5.41, 5.74) is 0. The van der Waals surface area contributed by atoms with Crippen LogP contribution in [0.1, 0.15) is 27.7 Å². The highest BCUT2D eigenvalue weighted by Gasteiger charge is 2.14. The molecule has 0 aromatic carbocycles. The van der Waals surface area contributed by atoms with Crippen LogP contribution in [0.4, 0.5) is 0 Å². The van der Waals surface area contributed by atoms with Crippen LogP contribution in [0.15, 0.2) is 0 Å². The summed E-state index contributed by atoms with van der Waals surface area (Å²) >= 11 is 5.12. The molecule has 0 radical (unpaired) electrons. The van der Waals surface area contributed by atoms with Gasteiger partial charge in [0.25, 0.3) is 0 Å². The lowest BCUT2D eigenvalue weighted by atomic mass is 10.2. The molecular weight excluding hydrogens is 250 g/mol. The lowest BCUT2D eigenvalue weighted by Crippen LogP contribution is -2.51. The van der Waals surface area contributed by atoms with E-state index in [1.165, 1.54) is 0 Å². The fourth-order valence-corrected chi connectivity index (χ4v) is 1.66. The highest BCUT2D eigenvalue weighted by molar-refractivity contribution is 7.80. The number of ether oxygens (including phenoxy) is 1. The average molecular weight is 275 g/mol. The largest absolute Gasteiger partial charge is 0.383 e. The summed E-state index contributed by atoms with van der Waals surface area (Å²) in [6.45, 7) is 9.08. The Morgan fingerprint density at radius 3 is 2.33 bits per heavy atom. The molecule has 0 saturated carbocycles. The van der Waals surface area contributed by atoms with Crippen LogP contribution in [0.2, 0.25) is 0 Å². The molecule has 0 aliphatic heterocycles. The molecule has 0 aromatic rings. The van der Waals surface area contributed by atoms with Crippen LogP contribution in [-0.2, 0) is 9.53 Å². The Hall–Kier alpha value is -0.880. The SMILES string of the molecule is COCC(C)NC(=S)NC(C)C(=O)NCC(C)C. The maximum absolute atomic E-state index is 11.7. The second-order valence-electron chi connectivity index (χ2n) is 4.83. The lowest BCUT2D eigenvalue weighted by molar-refractivity contribution is -0.122. The van der Waals surface area contributed by atoms with Gasteiger partial charge in [0.05, 0.1) is 6.61 Å². The van der Waals surface area contributed by atoms with Crippen LogP contribution in [0.3, 0.4) is 0 Å². The van der Waals surface area contributed by atoms with Crippen LogP contribution >= 0.6 is 12.2 Å². The molecule has 1 amide bonds. The molecule has 0 aliphatic rings. The standard InChI is InChI=1S/C12H25N3O2S/c1-8(2)6-13-11(16)10(4)15-12(18)14-9(3)7-17-5/h8-10H,6-7H2,1-5H3,(H,13,16)(H2,14,15,18). The zero-order valence-corrected chi connectivity index (χ0v) is 12.7. The van der Waals surface area contributed by atoms with Crippen LogP contribution in [-0.4, -0.2) is 43.4 Å². The third kappa shape index (κ3) is 8.25. The van der Waals surface area contributed by atoms with Crippen molar-refractivity contribution >= 4 is 23.2 Å². The molecular formula is C12H25N3O2S. The minimum absolute atomic E-state index is 0.0488. The summed E-state index contributed by atoms with van der Waals surface area (Å²) in [5.74, 6) is 0.389. The van der Waals surface area contributed by atoms with Gasteiger partial charge in [0.2, 0.25) is 5.91 Å². The van der Waals surface area contributed by atoms with Crippen LogP contribution in [0.5, 0.6) is 0 Å². The number of thiocarbonyl (C=S) groups is 1. The maximum atomic E-state index is 11.7. The molecule has 0 aromatic heterocycles. The van der Waals surface area contributed by atoms with E-state index in [1.807, 2.05) is 6.92 Å². The number of rotatable bonds is 7. The van der Waals surface area contributed by atoms with E-state index in [0.29, 0.717) is 24.2 Å². The van der Waals surface area contributed by atoms with Gasteiger partial charge in [0, 0.05) is 19.7 Å². The van der Waals surface area contributed by atoms with Gasteiger partial charge in [-0.2, -0.15) is 0 Å². The lowest BCUT2D eigenvalue weighted by Gasteiger charge is -2.20. The predicted molar refractivity (Wildman–Crippen MR) is 77.5 cm³/mol. The van der Waals surface area contributed by atoms with Crippen LogP contribution in [0, 0.1) is 5.92 Å². The third-order valence-corrected chi connectivity index (χ3v) is 2.46. The molecule has 0 aliphatic carbocycles. The predicted octanol–water partition coefficient (Wildman–Crippen LogP) is 0.646. The van der Waals surface area contributed by atoms with Crippen molar-refractivity contribution in [1.29, 1.82) is 0 Å². The topological polar surface area (TPSA) is 62.4 Å². The molecule has 0 spiro atoms.